The first-order valence-electron chi connectivity index (χ1n) is 4.31. The molecule has 3 nitrogen and oxygen atoms in total. The lowest BCUT2D eigenvalue weighted by Gasteiger charge is -2.13. The van der Waals surface area contributed by atoms with Gasteiger partial charge in [0.05, 0.1) is 5.52 Å². The fourth-order valence-corrected chi connectivity index (χ4v) is 1.62. The average molecular weight is 175 g/mol. The number of nitrogens with one attached hydrogen (secondary N) is 1. The third kappa shape index (κ3) is 0.900. The number of aromatic amines is 1. The molecular weight excluding hydrogens is 166 g/mol. The number of H-pyrrole nitrogens is 1. The molecule has 1 aliphatic rings. The highest BCUT2D eigenvalue weighted by molar-refractivity contribution is 5.89. The van der Waals surface area contributed by atoms with Crippen LogP contribution in [0.4, 0.5) is 0 Å². The van der Waals surface area contributed by atoms with Gasteiger partial charge in [-0.15, -0.1) is 0 Å². The Labute approximate surface area is 75.3 Å². The average Bonchev–Trinajstić information content (AvgIpc) is 2.56. The minimum atomic E-state index is 0.625. The molecule has 66 valence electrons. The molecule has 0 saturated heterocycles. The molecule has 0 bridgehead atoms. The van der Waals surface area contributed by atoms with E-state index in [0.717, 1.165) is 22.5 Å². The maximum Gasteiger partial charge on any atom is 0.235 e. The predicted octanol–water partition coefficient (Wildman–Crippen LogP) is 1.94. The minimum absolute atomic E-state index is 0.625. The van der Waals surface area contributed by atoms with Crippen molar-refractivity contribution >= 4 is 10.9 Å². The zero-order valence-electron chi connectivity index (χ0n) is 7.04. The first kappa shape index (κ1) is 6.83. The third-order valence-electron chi connectivity index (χ3n) is 2.20. The van der Waals surface area contributed by atoms with Gasteiger partial charge in [0.2, 0.25) is 5.88 Å². The monoisotopic (exact) mass is 175 g/mol. The molecule has 0 amide bonds. The van der Waals surface area contributed by atoms with Crippen LogP contribution in [0.1, 0.15) is 0 Å². The zero-order chi connectivity index (χ0) is 8.67. The number of aromatic nitrogens is 1. The number of rotatable bonds is 0. The summed E-state index contributed by atoms with van der Waals surface area (Å²) in [5.41, 5.74) is 1.06. The molecule has 3 rings (SSSR count). The van der Waals surface area contributed by atoms with E-state index in [9.17, 15) is 0 Å². The molecule has 13 heavy (non-hydrogen) atoms. The summed E-state index contributed by atoms with van der Waals surface area (Å²) in [5.74, 6) is 1.61. The summed E-state index contributed by atoms with van der Waals surface area (Å²) < 4.78 is 10.9. The van der Waals surface area contributed by atoms with Gasteiger partial charge in [0.15, 0.2) is 5.75 Å². The van der Waals surface area contributed by atoms with Crippen LogP contribution in [-0.4, -0.2) is 18.2 Å². The number of para-hydroxylation sites is 1. The van der Waals surface area contributed by atoms with E-state index in [0.29, 0.717) is 13.2 Å². The van der Waals surface area contributed by atoms with E-state index in [1.54, 1.807) is 0 Å². The standard InChI is InChI=1S/C10H9NO2/c1-2-4-8-7(3-1)9-10(11-8)13-6-5-12-9/h1-4,11H,5-6H2. The number of hydrogen-bond donors (Lipinski definition) is 1. The fraction of sp³-hybridized carbons (Fsp3) is 0.200. The number of benzene rings is 1. The predicted molar refractivity (Wildman–Crippen MR) is 49.3 cm³/mol. The summed E-state index contributed by atoms with van der Waals surface area (Å²) in [5, 5.41) is 1.09. The molecule has 0 fully saturated rings. The van der Waals surface area contributed by atoms with Gasteiger partial charge in [0.25, 0.3) is 0 Å². The Morgan fingerprint density at radius 1 is 1.08 bits per heavy atom. The molecule has 0 spiro atoms. The molecule has 2 heterocycles. The highest BCUT2D eigenvalue weighted by Crippen LogP contribution is 2.37. The van der Waals surface area contributed by atoms with Crippen LogP contribution in [0.15, 0.2) is 24.3 Å². The first-order chi connectivity index (χ1) is 6.45. The number of ether oxygens (including phenoxy) is 2. The van der Waals surface area contributed by atoms with E-state index in [1.165, 1.54) is 0 Å². The normalized spacial score (nSPS) is 14.8. The van der Waals surface area contributed by atoms with Crippen molar-refractivity contribution in [2.45, 2.75) is 0 Å². The van der Waals surface area contributed by atoms with Crippen molar-refractivity contribution in [3.63, 3.8) is 0 Å². The van der Waals surface area contributed by atoms with E-state index >= 15 is 0 Å². The van der Waals surface area contributed by atoms with Gasteiger partial charge in [0.1, 0.15) is 13.2 Å². The van der Waals surface area contributed by atoms with Gasteiger partial charge < -0.3 is 14.5 Å². The lowest BCUT2D eigenvalue weighted by molar-refractivity contribution is 0.169. The molecule has 1 aromatic heterocycles. The Bertz CT molecular complexity index is 447. The van der Waals surface area contributed by atoms with Crippen LogP contribution in [0, 0.1) is 0 Å². The summed E-state index contributed by atoms with van der Waals surface area (Å²) in [6.07, 6.45) is 0. The molecule has 0 atom stereocenters. The summed E-state index contributed by atoms with van der Waals surface area (Å²) in [6.45, 7) is 1.26. The van der Waals surface area contributed by atoms with Crippen LogP contribution in [-0.2, 0) is 0 Å². The van der Waals surface area contributed by atoms with Crippen molar-refractivity contribution in [3.8, 4) is 11.6 Å². The van der Waals surface area contributed by atoms with Gasteiger partial charge in [-0.25, -0.2) is 0 Å². The summed E-state index contributed by atoms with van der Waals surface area (Å²) in [4.78, 5) is 3.17. The van der Waals surface area contributed by atoms with Gasteiger partial charge >= 0.3 is 0 Å². The highest BCUT2D eigenvalue weighted by Gasteiger charge is 2.17. The zero-order valence-corrected chi connectivity index (χ0v) is 7.04. The fourth-order valence-electron chi connectivity index (χ4n) is 1.62. The van der Waals surface area contributed by atoms with E-state index in [4.69, 9.17) is 9.47 Å². The van der Waals surface area contributed by atoms with Gasteiger partial charge in [-0.05, 0) is 12.1 Å². The Balaban J connectivity index is 2.34. The molecule has 1 N–H and O–H groups in total. The van der Waals surface area contributed by atoms with Gasteiger partial charge in [-0.1, -0.05) is 12.1 Å². The Hall–Kier alpha value is -1.64. The van der Waals surface area contributed by atoms with Crippen LogP contribution in [0.3, 0.4) is 0 Å². The van der Waals surface area contributed by atoms with E-state index in [1.807, 2.05) is 24.3 Å². The van der Waals surface area contributed by atoms with Crippen molar-refractivity contribution in [1.82, 2.24) is 4.98 Å². The van der Waals surface area contributed by atoms with E-state index in [2.05, 4.69) is 4.98 Å². The van der Waals surface area contributed by atoms with Crippen molar-refractivity contribution in [3.05, 3.63) is 24.3 Å². The molecule has 0 radical (unpaired) electrons. The largest absolute Gasteiger partial charge is 0.484 e. The molecule has 1 aliphatic heterocycles. The van der Waals surface area contributed by atoms with Crippen LogP contribution in [0.2, 0.25) is 0 Å². The molecular formula is C10H9NO2. The Kier molecular flexibility index (Phi) is 1.27. The summed E-state index contributed by atoms with van der Waals surface area (Å²) in [6, 6.07) is 8.03. The van der Waals surface area contributed by atoms with Gasteiger partial charge in [0, 0.05) is 5.39 Å². The quantitative estimate of drug-likeness (QED) is 0.664. The first-order valence-corrected chi connectivity index (χ1v) is 4.31. The lowest BCUT2D eigenvalue weighted by atomic mass is 10.2. The van der Waals surface area contributed by atoms with E-state index < -0.39 is 0 Å². The topological polar surface area (TPSA) is 34.2 Å². The maximum absolute atomic E-state index is 5.52. The Morgan fingerprint density at radius 3 is 2.92 bits per heavy atom. The third-order valence-corrected chi connectivity index (χ3v) is 2.20. The van der Waals surface area contributed by atoms with Crippen molar-refractivity contribution in [2.75, 3.05) is 13.2 Å². The van der Waals surface area contributed by atoms with Gasteiger partial charge in [-0.2, -0.15) is 0 Å². The van der Waals surface area contributed by atoms with Crippen LogP contribution in [0.25, 0.3) is 10.9 Å². The smallest absolute Gasteiger partial charge is 0.235 e. The second kappa shape index (κ2) is 2.42. The minimum Gasteiger partial charge on any atom is -0.484 e. The van der Waals surface area contributed by atoms with Crippen molar-refractivity contribution in [1.29, 1.82) is 0 Å². The van der Waals surface area contributed by atoms with Crippen LogP contribution < -0.4 is 9.47 Å². The Morgan fingerprint density at radius 2 is 1.92 bits per heavy atom. The number of hydrogen-bond acceptors (Lipinski definition) is 2. The second-order valence-corrected chi connectivity index (χ2v) is 3.03. The summed E-state index contributed by atoms with van der Waals surface area (Å²) in [7, 11) is 0. The highest BCUT2D eigenvalue weighted by atomic mass is 16.6. The van der Waals surface area contributed by atoms with Crippen molar-refractivity contribution < 1.29 is 9.47 Å². The number of fused-ring (bicyclic) bond motifs is 3. The molecule has 2 aromatic rings. The van der Waals surface area contributed by atoms with Crippen LogP contribution in [0.5, 0.6) is 11.6 Å². The molecule has 1 aromatic carbocycles. The van der Waals surface area contributed by atoms with Crippen LogP contribution >= 0.6 is 0 Å². The van der Waals surface area contributed by atoms with Gasteiger partial charge in [-0.3, -0.25) is 0 Å². The lowest BCUT2D eigenvalue weighted by Crippen LogP contribution is -2.14. The molecule has 0 saturated carbocycles. The van der Waals surface area contributed by atoms with Crippen molar-refractivity contribution in [2.24, 2.45) is 0 Å². The summed E-state index contributed by atoms with van der Waals surface area (Å²) >= 11 is 0. The SMILES string of the molecule is c1ccc2c3c([nH]c2c1)OCCO3. The maximum atomic E-state index is 5.52. The molecule has 0 aliphatic carbocycles. The molecule has 3 heteroatoms. The van der Waals surface area contributed by atoms with E-state index in [-0.39, 0.29) is 0 Å². The second-order valence-electron chi connectivity index (χ2n) is 3.03. The molecule has 0 unspecified atom stereocenters.